The SMILES string of the molecule is CC(C)NCc1csc(N2CC3CCC(C2)O3)n1. The first kappa shape index (κ1) is 12.4. The third kappa shape index (κ3) is 2.68. The highest BCUT2D eigenvalue weighted by Gasteiger charge is 2.34. The summed E-state index contributed by atoms with van der Waals surface area (Å²) in [5.74, 6) is 0. The fraction of sp³-hybridized carbons (Fsp3) is 0.769. The van der Waals surface area contributed by atoms with Crippen LogP contribution >= 0.6 is 11.3 Å². The lowest BCUT2D eigenvalue weighted by molar-refractivity contribution is 0.0305. The fourth-order valence-electron chi connectivity index (χ4n) is 2.60. The summed E-state index contributed by atoms with van der Waals surface area (Å²) >= 11 is 1.76. The van der Waals surface area contributed by atoms with Crippen LogP contribution < -0.4 is 10.2 Å². The molecule has 4 nitrogen and oxygen atoms in total. The Morgan fingerprint density at radius 3 is 2.83 bits per heavy atom. The van der Waals surface area contributed by atoms with Crippen molar-refractivity contribution < 1.29 is 4.74 Å². The highest BCUT2D eigenvalue weighted by molar-refractivity contribution is 7.13. The van der Waals surface area contributed by atoms with Gasteiger partial charge in [0.1, 0.15) is 0 Å². The van der Waals surface area contributed by atoms with E-state index in [-0.39, 0.29) is 0 Å². The summed E-state index contributed by atoms with van der Waals surface area (Å²) in [4.78, 5) is 7.13. The largest absolute Gasteiger partial charge is 0.371 e. The number of rotatable bonds is 4. The van der Waals surface area contributed by atoms with E-state index >= 15 is 0 Å². The van der Waals surface area contributed by atoms with E-state index in [1.807, 2.05) is 0 Å². The number of hydrogen-bond donors (Lipinski definition) is 1. The molecule has 0 aromatic carbocycles. The monoisotopic (exact) mass is 267 g/mol. The lowest BCUT2D eigenvalue weighted by Gasteiger charge is -2.31. The molecule has 2 unspecified atom stereocenters. The topological polar surface area (TPSA) is 37.4 Å². The van der Waals surface area contributed by atoms with E-state index in [4.69, 9.17) is 9.72 Å². The summed E-state index contributed by atoms with van der Waals surface area (Å²) in [6.45, 7) is 7.22. The minimum atomic E-state index is 0.435. The highest BCUT2D eigenvalue weighted by Crippen LogP contribution is 2.31. The van der Waals surface area contributed by atoms with E-state index in [0.29, 0.717) is 18.2 Å². The number of fused-ring (bicyclic) bond motifs is 2. The van der Waals surface area contributed by atoms with Crippen molar-refractivity contribution in [2.75, 3.05) is 18.0 Å². The maximum atomic E-state index is 5.86. The number of nitrogens with zero attached hydrogens (tertiary/aromatic N) is 2. The van der Waals surface area contributed by atoms with Crippen molar-refractivity contribution in [1.82, 2.24) is 10.3 Å². The molecule has 100 valence electrons. The van der Waals surface area contributed by atoms with Crippen molar-refractivity contribution in [3.8, 4) is 0 Å². The zero-order valence-electron chi connectivity index (χ0n) is 11.1. The Morgan fingerprint density at radius 2 is 2.17 bits per heavy atom. The average molecular weight is 267 g/mol. The molecule has 0 aliphatic carbocycles. The molecule has 2 fully saturated rings. The zero-order valence-corrected chi connectivity index (χ0v) is 11.9. The summed E-state index contributed by atoms with van der Waals surface area (Å²) in [5.41, 5.74) is 1.16. The molecule has 2 aliphatic rings. The number of anilines is 1. The van der Waals surface area contributed by atoms with Gasteiger partial charge in [0, 0.05) is 31.1 Å². The second-order valence-electron chi connectivity index (χ2n) is 5.52. The Morgan fingerprint density at radius 1 is 1.44 bits per heavy atom. The molecule has 2 saturated heterocycles. The number of aromatic nitrogens is 1. The first-order chi connectivity index (χ1) is 8.70. The normalized spacial score (nSPS) is 27.2. The van der Waals surface area contributed by atoms with Gasteiger partial charge >= 0.3 is 0 Å². The van der Waals surface area contributed by atoms with E-state index in [1.54, 1.807) is 11.3 Å². The van der Waals surface area contributed by atoms with E-state index < -0.39 is 0 Å². The van der Waals surface area contributed by atoms with Gasteiger partial charge in [-0.25, -0.2) is 4.98 Å². The van der Waals surface area contributed by atoms with Crippen molar-refractivity contribution >= 4 is 16.5 Å². The van der Waals surface area contributed by atoms with Gasteiger partial charge in [-0.3, -0.25) is 0 Å². The quantitative estimate of drug-likeness (QED) is 0.905. The van der Waals surface area contributed by atoms with Crippen LogP contribution in [0.5, 0.6) is 0 Å². The van der Waals surface area contributed by atoms with Gasteiger partial charge in [-0.2, -0.15) is 0 Å². The predicted octanol–water partition coefficient (Wildman–Crippen LogP) is 2.01. The molecule has 2 atom stereocenters. The molecule has 1 N–H and O–H groups in total. The first-order valence-electron chi connectivity index (χ1n) is 6.79. The molecular weight excluding hydrogens is 246 g/mol. The molecule has 2 aliphatic heterocycles. The molecule has 0 amide bonds. The van der Waals surface area contributed by atoms with Gasteiger partial charge in [-0.05, 0) is 12.8 Å². The lowest BCUT2D eigenvalue weighted by Crippen LogP contribution is -2.42. The van der Waals surface area contributed by atoms with Gasteiger partial charge in [0.15, 0.2) is 5.13 Å². The second-order valence-corrected chi connectivity index (χ2v) is 6.36. The molecule has 5 heteroatoms. The van der Waals surface area contributed by atoms with Gasteiger partial charge in [0.25, 0.3) is 0 Å². The average Bonchev–Trinajstić information content (AvgIpc) is 2.94. The van der Waals surface area contributed by atoms with Gasteiger partial charge in [0.05, 0.1) is 17.9 Å². The highest BCUT2D eigenvalue weighted by atomic mass is 32.1. The molecule has 0 saturated carbocycles. The smallest absolute Gasteiger partial charge is 0.185 e. The number of nitrogens with one attached hydrogen (secondary N) is 1. The summed E-state index contributed by atoms with van der Waals surface area (Å²) in [7, 11) is 0. The van der Waals surface area contributed by atoms with Crippen molar-refractivity contribution in [2.45, 2.75) is 51.5 Å². The third-order valence-electron chi connectivity index (χ3n) is 3.55. The van der Waals surface area contributed by atoms with E-state index in [9.17, 15) is 0 Å². The molecule has 1 aromatic rings. The molecule has 0 radical (unpaired) electrons. The first-order valence-corrected chi connectivity index (χ1v) is 7.67. The van der Waals surface area contributed by atoms with Crippen molar-refractivity contribution in [2.24, 2.45) is 0 Å². The Bertz CT molecular complexity index is 395. The second kappa shape index (κ2) is 5.15. The van der Waals surface area contributed by atoms with Crippen LogP contribution in [0.15, 0.2) is 5.38 Å². The van der Waals surface area contributed by atoms with Crippen LogP contribution in [0.2, 0.25) is 0 Å². The Labute approximate surface area is 112 Å². The van der Waals surface area contributed by atoms with Crippen LogP contribution in [-0.4, -0.2) is 36.3 Å². The van der Waals surface area contributed by atoms with Crippen LogP contribution in [0.3, 0.4) is 0 Å². The Balaban J connectivity index is 1.62. The lowest BCUT2D eigenvalue weighted by atomic mass is 10.2. The third-order valence-corrected chi connectivity index (χ3v) is 4.50. The van der Waals surface area contributed by atoms with Crippen LogP contribution in [0, 0.1) is 0 Å². The number of morpholine rings is 1. The number of thiazole rings is 1. The zero-order chi connectivity index (χ0) is 12.5. The van der Waals surface area contributed by atoms with E-state index in [2.05, 4.69) is 29.4 Å². The summed E-state index contributed by atoms with van der Waals surface area (Å²) in [6, 6.07) is 0.509. The van der Waals surface area contributed by atoms with Crippen LogP contribution in [0.4, 0.5) is 5.13 Å². The maximum absolute atomic E-state index is 5.86. The minimum Gasteiger partial charge on any atom is -0.371 e. The van der Waals surface area contributed by atoms with E-state index in [1.165, 1.54) is 12.8 Å². The maximum Gasteiger partial charge on any atom is 0.185 e. The van der Waals surface area contributed by atoms with Gasteiger partial charge in [-0.15, -0.1) is 11.3 Å². The van der Waals surface area contributed by atoms with Crippen molar-refractivity contribution in [3.63, 3.8) is 0 Å². The van der Waals surface area contributed by atoms with E-state index in [0.717, 1.165) is 30.5 Å². The summed E-state index contributed by atoms with van der Waals surface area (Å²) < 4.78 is 5.86. The molecule has 2 bridgehead atoms. The number of ether oxygens (including phenoxy) is 1. The fourth-order valence-corrected chi connectivity index (χ4v) is 3.45. The van der Waals surface area contributed by atoms with Gasteiger partial charge in [0.2, 0.25) is 0 Å². The Kier molecular flexibility index (Phi) is 3.54. The van der Waals surface area contributed by atoms with Crippen LogP contribution in [0.25, 0.3) is 0 Å². The predicted molar refractivity (Wildman–Crippen MR) is 74.2 cm³/mol. The standard InChI is InChI=1S/C13H21N3OS/c1-9(2)14-5-10-8-18-13(15-10)16-6-11-3-4-12(7-16)17-11/h8-9,11-12,14H,3-7H2,1-2H3. The van der Waals surface area contributed by atoms with Crippen molar-refractivity contribution in [1.29, 1.82) is 0 Å². The summed E-state index contributed by atoms with van der Waals surface area (Å²) in [5, 5.41) is 6.74. The van der Waals surface area contributed by atoms with Crippen LogP contribution in [-0.2, 0) is 11.3 Å². The molecular formula is C13H21N3OS. The minimum absolute atomic E-state index is 0.435. The number of hydrogen-bond acceptors (Lipinski definition) is 5. The molecule has 18 heavy (non-hydrogen) atoms. The summed E-state index contributed by atoms with van der Waals surface area (Å²) in [6.07, 6.45) is 3.30. The Hall–Kier alpha value is -0.650. The van der Waals surface area contributed by atoms with Crippen LogP contribution in [0.1, 0.15) is 32.4 Å². The molecule has 3 heterocycles. The van der Waals surface area contributed by atoms with Crippen molar-refractivity contribution in [3.05, 3.63) is 11.1 Å². The molecule has 1 aromatic heterocycles. The molecule has 3 rings (SSSR count). The van der Waals surface area contributed by atoms with Gasteiger partial charge in [-0.1, -0.05) is 13.8 Å². The molecule has 0 spiro atoms. The van der Waals surface area contributed by atoms with Gasteiger partial charge < -0.3 is 15.0 Å².